The molecule has 1 aliphatic rings. The zero-order valence-corrected chi connectivity index (χ0v) is 15.5. The Morgan fingerprint density at radius 3 is 2.77 bits per heavy atom. The van der Waals surface area contributed by atoms with Gasteiger partial charge in [-0.3, -0.25) is 9.69 Å². The number of carbonyl (C=O) groups excluding carboxylic acids is 1. The highest BCUT2D eigenvalue weighted by Crippen LogP contribution is 2.18. The monoisotopic (exact) mass is 353 g/mol. The number of anilines is 1. The molecule has 2 aromatic rings. The Kier molecular flexibility index (Phi) is 6.26. The normalized spacial score (nSPS) is 17.7. The molecule has 26 heavy (non-hydrogen) atoms. The van der Waals surface area contributed by atoms with Crippen molar-refractivity contribution in [1.29, 1.82) is 0 Å². The minimum atomic E-state index is -0.113. The highest BCUT2D eigenvalue weighted by Gasteiger charge is 2.18. The minimum absolute atomic E-state index is 0.113. The molecular formula is C21H27N3O2. The summed E-state index contributed by atoms with van der Waals surface area (Å²) in [4.78, 5) is 14.9. The molecule has 2 N–H and O–H groups in total. The molecular weight excluding hydrogens is 326 g/mol. The predicted octanol–water partition coefficient (Wildman–Crippen LogP) is 3.13. The molecule has 1 aliphatic heterocycles. The first-order valence-corrected chi connectivity index (χ1v) is 9.12. The third-order valence-electron chi connectivity index (χ3n) is 4.86. The van der Waals surface area contributed by atoms with Crippen molar-refractivity contribution in [2.45, 2.75) is 25.4 Å². The Hall–Kier alpha value is -2.37. The number of piperidine rings is 1. The van der Waals surface area contributed by atoms with Crippen LogP contribution in [-0.4, -0.2) is 44.1 Å². The smallest absolute Gasteiger partial charge is 0.255 e. The molecule has 1 atom stereocenters. The first kappa shape index (κ1) is 18.4. The fraction of sp³-hybridized carbons (Fsp3) is 0.381. The van der Waals surface area contributed by atoms with Crippen LogP contribution in [0.2, 0.25) is 0 Å². The molecule has 2 aromatic carbocycles. The van der Waals surface area contributed by atoms with Crippen LogP contribution in [0.3, 0.4) is 0 Å². The van der Waals surface area contributed by atoms with Gasteiger partial charge in [-0.1, -0.05) is 12.1 Å². The van der Waals surface area contributed by atoms with Gasteiger partial charge < -0.3 is 15.4 Å². The van der Waals surface area contributed by atoms with E-state index in [1.54, 1.807) is 31.4 Å². The zero-order valence-electron chi connectivity index (χ0n) is 15.5. The van der Waals surface area contributed by atoms with Gasteiger partial charge in [0.2, 0.25) is 0 Å². The first-order chi connectivity index (χ1) is 12.7. The highest BCUT2D eigenvalue weighted by atomic mass is 16.5. The van der Waals surface area contributed by atoms with E-state index in [1.165, 1.54) is 18.4 Å². The number of hydrogen-bond donors (Lipinski definition) is 2. The molecule has 1 unspecified atom stereocenters. The maximum atomic E-state index is 12.4. The van der Waals surface area contributed by atoms with Crippen LogP contribution in [0.15, 0.2) is 48.5 Å². The van der Waals surface area contributed by atoms with E-state index in [0.29, 0.717) is 11.6 Å². The number of methoxy groups -OCH3 is 1. The van der Waals surface area contributed by atoms with Gasteiger partial charge in [-0.15, -0.1) is 0 Å². The number of nitrogens with one attached hydrogen (secondary N) is 2. The largest absolute Gasteiger partial charge is 0.497 e. The third kappa shape index (κ3) is 4.84. The van der Waals surface area contributed by atoms with Gasteiger partial charge in [0.1, 0.15) is 5.75 Å². The molecule has 1 fully saturated rings. The molecule has 3 rings (SSSR count). The van der Waals surface area contributed by atoms with Crippen LogP contribution in [0.4, 0.5) is 5.69 Å². The lowest BCUT2D eigenvalue weighted by Crippen LogP contribution is -2.43. The number of nitrogens with zero attached hydrogens (tertiary/aromatic N) is 1. The van der Waals surface area contributed by atoms with Crippen molar-refractivity contribution >= 4 is 11.6 Å². The molecule has 5 heteroatoms. The summed E-state index contributed by atoms with van der Waals surface area (Å²) in [6, 6.07) is 15.8. The molecule has 0 aliphatic carbocycles. The van der Waals surface area contributed by atoms with Gasteiger partial charge >= 0.3 is 0 Å². The summed E-state index contributed by atoms with van der Waals surface area (Å²) in [6.45, 7) is 3.10. The average Bonchev–Trinajstić information content (AvgIpc) is 2.68. The van der Waals surface area contributed by atoms with Crippen molar-refractivity contribution in [1.82, 2.24) is 10.2 Å². The second kappa shape index (κ2) is 8.83. The van der Waals surface area contributed by atoms with Crippen molar-refractivity contribution in [2.75, 3.05) is 32.6 Å². The summed E-state index contributed by atoms with van der Waals surface area (Å²) in [7, 11) is 3.64. The van der Waals surface area contributed by atoms with E-state index in [0.717, 1.165) is 31.1 Å². The lowest BCUT2D eigenvalue weighted by molar-refractivity contribution is 0.102. The zero-order chi connectivity index (χ0) is 18.4. The number of ether oxygens (including phenoxy) is 1. The van der Waals surface area contributed by atoms with Gasteiger partial charge in [0.05, 0.1) is 7.11 Å². The number of likely N-dealkylation sites (tertiary alicyclic amines) is 1. The van der Waals surface area contributed by atoms with Gasteiger partial charge in [-0.2, -0.15) is 0 Å². The van der Waals surface area contributed by atoms with E-state index in [1.807, 2.05) is 19.2 Å². The number of carbonyl (C=O) groups is 1. The predicted molar refractivity (Wildman–Crippen MR) is 105 cm³/mol. The fourth-order valence-corrected chi connectivity index (χ4v) is 3.39. The van der Waals surface area contributed by atoms with Gasteiger partial charge in [-0.05, 0) is 68.4 Å². The topological polar surface area (TPSA) is 53.6 Å². The number of likely N-dealkylation sites (N-methyl/N-ethyl adjacent to an activating group) is 1. The molecule has 5 nitrogen and oxygen atoms in total. The van der Waals surface area contributed by atoms with E-state index in [4.69, 9.17) is 4.74 Å². The lowest BCUT2D eigenvalue weighted by atomic mass is 10.0. The standard InChI is InChI=1S/C21H27N3O2/c1-22-19-7-4-12-24(15-19)14-16-5-3-6-18(13-16)23-21(25)17-8-10-20(26-2)11-9-17/h3,5-6,8-11,13,19,22H,4,7,12,14-15H2,1-2H3,(H,23,25). The maximum absolute atomic E-state index is 12.4. The van der Waals surface area contributed by atoms with Gasteiger partial charge in [0, 0.05) is 30.4 Å². The van der Waals surface area contributed by atoms with Crippen LogP contribution >= 0.6 is 0 Å². The Labute approximate surface area is 155 Å². The van der Waals surface area contributed by atoms with Crippen molar-refractivity contribution in [3.05, 3.63) is 59.7 Å². The Bertz CT molecular complexity index is 730. The van der Waals surface area contributed by atoms with Crippen LogP contribution in [0, 0.1) is 0 Å². The fourth-order valence-electron chi connectivity index (χ4n) is 3.39. The van der Waals surface area contributed by atoms with E-state index < -0.39 is 0 Å². The quantitative estimate of drug-likeness (QED) is 0.838. The molecule has 138 valence electrons. The molecule has 0 spiro atoms. The van der Waals surface area contributed by atoms with Gasteiger partial charge in [-0.25, -0.2) is 0 Å². The summed E-state index contributed by atoms with van der Waals surface area (Å²) in [5.41, 5.74) is 2.66. The van der Waals surface area contributed by atoms with Crippen molar-refractivity contribution in [3.63, 3.8) is 0 Å². The van der Waals surface area contributed by atoms with Gasteiger partial charge in [0.15, 0.2) is 0 Å². The summed E-state index contributed by atoms with van der Waals surface area (Å²) in [5, 5.41) is 6.36. The first-order valence-electron chi connectivity index (χ1n) is 9.12. The molecule has 1 amide bonds. The van der Waals surface area contributed by atoms with E-state index in [9.17, 15) is 4.79 Å². The number of hydrogen-bond acceptors (Lipinski definition) is 4. The van der Waals surface area contributed by atoms with Gasteiger partial charge in [0.25, 0.3) is 5.91 Å². The second-order valence-corrected chi connectivity index (χ2v) is 6.75. The Balaban J connectivity index is 1.62. The summed E-state index contributed by atoms with van der Waals surface area (Å²) in [6.07, 6.45) is 2.46. The molecule has 0 bridgehead atoms. The number of benzene rings is 2. The SMILES string of the molecule is CNC1CCCN(Cc2cccc(NC(=O)c3ccc(OC)cc3)c2)C1. The number of amides is 1. The summed E-state index contributed by atoms with van der Waals surface area (Å²) < 4.78 is 5.13. The van der Waals surface area contributed by atoms with Crippen LogP contribution in [-0.2, 0) is 6.54 Å². The molecule has 1 saturated heterocycles. The van der Waals surface area contributed by atoms with Crippen molar-refractivity contribution < 1.29 is 9.53 Å². The van der Waals surface area contributed by atoms with E-state index in [2.05, 4.69) is 27.7 Å². The summed E-state index contributed by atoms with van der Waals surface area (Å²) >= 11 is 0. The van der Waals surface area contributed by atoms with Crippen LogP contribution in [0.25, 0.3) is 0 Å². The summed E-state index contributed by atoms with van der Waals surface area (Å²) in [5.74, 6) is 0.628. The van der Waals surface area contributed by atoms with Crippen LogP contribution in [0.5, 0.6) is 5.75 Å². The van der Waals surface area contributed by atoms with Crippen molar-refractivity contribution in [3.8, 4) is 5.75 Å². The second-order valence-electron chi connectivity index (χ2n) is 6.75. The number of rotatable bonds is 6. The molecule has 0 saturated carbocycles. The van der Waals surface area contributed by atoms with Crippen molar-refractivity contribution in [2.24, 2.45) is 0 Å². The van der Waals surface area contributed by atoms with E-state index >= 15 is 0 Å². The lowest BCUT2D eigenvalue weighted by Gasteiger charge is -2.32. The van der Waals surface area contributed by atoms with Crippen LogP contribution in [0.1, 0.15) is 28.8 Å². The van der Waals surface area contributed by atoms with E-state index in [-0.39, 0.29) is 5.91 Å². The average molecular weight is 353 g/mol. The molecule has 0 radical (unpaired) electrons. The minimum Gasteiger partial charge on any atom is -0.497 e. The third-order valence-corrected chi connectivity index (χ3v) is 4.86. The van der Waals surface area contributed by atoms with Crippen LogP contribution < -0.4 is 15.4 Å². The highest BCUT2D eigenvalue weighted by molar-refractivity contribution is 6.04. The maximum Gasteiger partial charge on any atom is 0.255 e. The Morgan fingerprint density at radius 1 is 1.23 bits per heavy atom. The molecule has 0 aromatic heterocycles. The Morgan fingerprint density at radius 2 is 2.04 bits per heavy atom. The molecule has 1 heterocycles.